The maximum atomic E-state index is 5.89. The minimum Gasteiger partial charge on any atom is -0.358 e. The summed E-state index contributed by atoms with van der Waals surface area (Å²) in [7, 11) is 4.38. The first kappa shape index (κ1) is 15.7. The van der Waals surface area contributed by atoms with Crippen LogP contribution in [-0.2, 0) is 0 Å². The molecule has 5 nitrogen and oxygen atoms in total. The zero-order valence-corrected chi connectivity index (χ0v) is 13.9. The molecule has 2 saturated carbocycles. The zero-order chi connectivity index (χ0) is 15.5. The molecule has 2 fully saturated rings. The highest BCUT2D eigenvalue weighted by Crippen LogP contribution is 2.35. The van der Waals surface area contributed by atoms with Gasteiger partial charge in [0.05, 0.1) is 0 Å². The number of hydrogen-bond donors (Lipinski definition) is 1. The molecule has 3 rings (SSSR count). The summed E-state index contributed by atoms with van der Waals surface area (Å²) in [6.45, 7) is 2.10. The van der Waals surface area contributed by atoms with E-state index in [1.165, 1.54) is 25.7 Å². The Bertz CT molecular complexity index is 480. The molecule has 0 radical (unpaired) electrons. The quantitative estimate of drug-likeness (QED) is 0.871. The van der Waals surface area contributed by atoms with Gasteiger partial charge in [-0.3, -0.25) is 0 Å². The van der Waals surface area contributed by atoms with Crippen LogP contribution in [0.3, 0.4) is 0 Å². The van der Waals surface area contributed by atoms with Crippen LogP contribution in [0.1, 0.15) is 50.1 Å². The molecule has 0 saturated heterocycles. The van der Waals surface area contributed by atoms with E-state index in [2.05, 4.69) is 39.9 Å². The van der Waals surface area contributed by atoms with Gasteiger partial charge in [-0.25, -0.2) is 9.97 Å². The normalized spacial score (nSPS) is 25.5. The van der Waals surface area contributed by atoms with Crippen molar-refractivity contribution >= 4 is 5.82 Å². The summed E-state index contributed by atoms with van der Waals surface area (Å²) in [5, 5.41) is 0. The van der Waals surface area contributed by atoms with Crippen molar-refractivity contribution in [3.63, 3.8) is 0 Å². The van der Waals surface area contributed by atoms with Crippen LogP contribution in [0, 0.1) is 0 Å². The lowest BCUT2D eigenvalue weighted by atomic mass is 9.78. The van der Waals surface area contributed by atoms with Crippen LogP contribution in [0.5, 0.6) is 0 Å². The van der Waals surface area contributed by atoms with Crippen LogP contribution in [0.25, 0.3) is 0 Å². The number of likely N-dealkylation sites (N-methyl/N-ethyl adjacent to an activating group) is 2. The minimum absolute atomic E-state index is 0.362. The molecule has 1 aromatic rings. The lowest BCUT2D eigenvalue weighted by molar-refractivity contribution is 0.251. The molecule has 0 atom stereocenters. The van der Waals surface area contributed by atoms with E-state index in [0.717, 1.165) is 43.5 Å². The SMILES string of the molecule is CN(CCN(C)C1CCCC1)c1cc(C2CC(N)C2)ncn1. The molecule has 2 aliphatic rings. The van der Waals surface area contributed by atoms with Crippen molar-refractivity contribution in [2.24, 2.45) is 5.73 Å². The van der Waals surface area contributed by atoms with Crippen LogP contribution in [-0.4, -0.2) is 54.1 Å². The Morgan fingerprint density at radius 2 is 1.86 bits per heavy atom. The van der Waals surface area contributed by atoms with Crippen molar-refractivity contribution in [1.29, 1.82) is 0 Å². The second-order valence-corrected chi connectivity index (χ2v) is 7.07. The summed E-state index contributed by atoms with van der Waals surface area (Å²) >= 11 is 0. The van der Waals surface area contributed by atoms with Gasteiger partial charge in [-0.1, -0.05) is 12.8 Å². The van der Waals surface area contributed by atoms with Gasteiger partial charge in [-0.2, -0.15) is 0 Å². The van der Waals surface area contributed by atoms with Crippen LogP contribution in [0.15, 0.2) is 12.4 Å². The fourth-order valence-corrected chi connectivity index (χ4v) is 3.65. The Hall–Kier alpha value is -1.20. The smallest absolute Gasteiger partial charge is 0.131 e. The molecule has 5 heteroatoms. The van der Waals surface area contributed by atoms with Crippen LogP contribution < -0.4 is 10.6 Å². The van der Waals surface area contributed by atoms with Gasteiger partial charge in [0.1, 0.15) is 12.1 Å². The number of anilines is 1. The second kappa shape index (κ2) is 6.92. The molecular formula is C17H29N5. The molecule has 22 heavy (non-hydrogen) atoms. The molecular weight excluding hydrogens is 274 g/mol. The maximum absolute atomic E-state index is 5.89. The van der Waals surface area contributed by atoms with Crippen molar-refractivity contribution in [3.8, 4) is 0 Å². The van der Waals surface area contributed by atoms with Gasteiger partial charge in [-0.05, 0) is 32.7 Å². The summed E-state index contributed by atoms with van der Waals surface area (Å²) in [5.41, 5.74) is 7.04. The Kier molecular flexibility index (Phi) is 4.93. The maximum Gasteiger partial charge on any atom is 0.131 e. The standard InChI is InChI=1S/C17H29N5/c1-21(15-5-3-4-6-15)7-8-22(2)17-11-16(19-12-20-17)13-9-14(18)10-13/h11-15H,3-10,18H2,1-2H3. The van der Waals surface area contributed by atoms with Crippen LogP contribution in [0.4, 0.5) is 5.82 Å². The topological polar surface area (TPSA) is 58.3 Å². The molecule has 1 heterocycles. The number of nitrogens with zero attached hydrogens (tertiary/aromatic N) is 4. The summed E-state index contributed by atoms with van der Waals surface area (Å²) in [6.07, 6.45) is 9.33. The van der Waals surface area contributed by atoms with E-state index in [-0.39, 0.29) is 0 Å². The average Bonchev–Trinajstić information content (AvgIpc) is 3.03. The first-order valence-corrected chi connectivity index (χ1v) is 8.62. The first-order chi connectivity index (χ1) is 10.6. The zero-order valence-electron chi connectivity index (χ0n) is 13.9. The summed E-state index contributed by atoms with van der Waals surface area (Å²) in [6, 6.07) is 3.29. The highest BCUT2D eigenvalue weighted by atomic mass is 15.2. The highest BCUT2D eigenvalue weighted by molar-refractivity contribution is 5.39. The summed E-state index contributed by atoms with van der Waals surface area (Å²) in [5.74, 6) is 1.57. The lowest BCUT2D eigenvalue weighted by Crippen LogP contribution is -2.37. The van der Waals surface area contributed by atoms with Crippen molar-refractivity contribution in [2.45, 2.75) is 56.5 Å². The molecule has 122 valence electrons. The largest absolute Gasteiger partial charge is 0.358 e. The van der Waals surface area contributed by atoms with Crippen molar-refractivity contribution < 1.29 is 0 Å². The van der Waals surface area contributed by atoms with Crippen molar-refractivity contribution in [1.82, 2.24) is 14.9 Å². The van der Waals surface area contributed by atoms with Gasteiger partial charge >= 0.3 is 0 Å². The lowest BCUT2D eigenvalue weighted by Gasteiger charge is -2.32. The van der Waals surface area contributed by atoms with Crippen molar-refractivity contribution in [2.75, 3.05) is 32.1 Å². The molecule has 0 aliphatic heterocycles. The van der Waals surface area contributed by atoms with E-state index in [9.17, 15) is 0 Å². The highest BCUT2D eigenvalue weighted by Gasteiger charge is 2.28. The Labute approximate surface area is 133 Å². The first-order valence-electron chi connectivity index (χ1n) is 8.62. The fraction of sp³-hybridized carbons (Fsp3) is 0.765. The third-order valence-corrected chi connectivity index (χ3v) is 5.39. The molecule has 0 amide bonds. The Morgan fingerprint density at radius 1 is 1.14 bits per heavy atom. The second-order valence-electron chi connectivity index (χ2n) is 7.07. The molecule has 0 unspecified atom stereocenters. The molecule has 2 N–H and O–H groups in total. The van der Waals surface area contributed by atoms with Gasteiger partial charge in [0.25, 0.3) is 0 Å². The monoisotopic (exact) mass is 303 g/mol. The number of nitrogens with two attached hydrogens (primary N) is 1. The Morgan fingerprint density at radius 3 is 2.55 bits per heavy atom. The molecule has 0 spiro atoms. The average molecular weight is 303 g/mol. The van der Waals surface area contributed by atoms with Crippen LogP contribution in [0.2, 0.25) is 0 Å². The predicted molar refractivity (Wildman–Crippen MR) is 90.1 cm³/mol. The molecule has 2 aliphatic carbocycles. The fourth-order valence-electron chi connectivity index (χ4n) is 3.65. The molecule has 0 bridgehead atoms. The molecule has 1 aromatic heterocycles. The Balaban J connectivity index is 1.53. The number of hydrogen-bond acceptors (Lipinski definition) is 5. The van der Waals surface area contributed by atoms with E-state index in [4.69, 9.17) is 5.73 Å². The third kappa shape index (κ3) is 3.58. The van der Waals surface area contributed by atoms with E-state index in [1.807, 2.05) is 0 Å². The van der Waals surface area contributed by atoms with Gasteiger partial charge < -0.3 is 15.5 Å². The minimum atomic E-state index is 0.362. The number of aromatic nitrogens is 2. The predicted octanol–water partition coefficient (Wildman–Crippen LogP) is 1.99. The number of rotatable bonds is 6. The molecule has 0 aromatic carbocycles. The summed E-state index contributed by atoms with van der Waals surface area (Å²) in [4.78, 5) is 13.6. The van der Waals surface area contributed by atoms with Crippen molar-refractivity contribution in [3.05, 3.63) is 18.1 Å². The van der Waals surface area contributed by atoms with E-state index < -0.39 is 0 Å². The van der Waals surface area contributed by atoms with E-state index in [0.29, 0.717) is 12.0 Å². The van der Waals surface area contributed by atoms with Gasteiger partial charge in [0.2, 0.25) is 0 Å². The van der Waals surface area contributed by atoms with E-state index in [1.54, 1.807) is 6.33 Å². The van der Waals surface area contributed by atoms with E-state index >= 15 is 0 Å². The van der Waals surface area contributed by atoms with Crippen LogP contribution >= 0.6 is 0 Å². The van der Waals surface area contributed by atoms with Gasteiger partial charge in [-0.15, -0.1) is 0 Å². The van der Waals surface area contributed by atoms with Gasteiger partial charge in [0, 0.05) is 49.9 Å². The third-order valence-electron chi connectivity index (χ3n) is 5.39. The van der Waals surface area contributed by atoms with Gasteiger partial charge in [0.15, 0.2) is 0 Å². The summed E-state index contributed by atoms with van der Waals surface area (Å²) < 4.78 is 0.